The predicted octanol–water partition coefficient (Wildman–Crippen LogP) is 0.0260. The van der Waals surface area contributed by atoms with E-state index in [0.717, 1.165) is 0 Å². The summed E-state index contributed by atoms with van der Waals surface area (Å²) in [4.78, 5) is 19.8. The summed E-state index contributed by atoms with van der Waals surface area (Å²) in [6.07, 6.45) is -0.310. The third-order valence-corrected chi connectivity index (χ3v) is 0.902. The Labute approximate surface area is 77.4 Å². The first-order valence-electron chi connectivity index (χ1n) is 2.48. The van der Waals surface area contributed by atoms with Gasteiger partial charge in [-0.1, -0.05) is 6.92 Å². The average Bonchev–Trinajstić information content (AvgIpc) is 1.63. The van der Waals surface area contributed by atoms with Crippen LogP contribution in [-0.4, -0.2) is 45.2 Å². The predicted molar refractivity (Wildman–Crippen MR) is 37.0 cm³/mol. The molecule has 1 atom stereocenters. The van der Waals surface area contributed by atoms with Crippen molar-refractivity contribution in [2.75, 3.05) is 0 Å². The molecular formula is C5H10MgO4. The molecule has 4 nitrogen and oxygen atoms in total. The van der Waals surface area contributed by atoms with E-state index in [-0.39, 0.29) is 32.3 Å². The Hall–Kier alpha value is -0.294. The molecule has 0 aliphatic heterocycles. The molecule has 56 valence electrons. The second kappa shape index (κ2) is 5.49. The van der Waals surface area contributed by atoms with Crippen molar-refractivity contribution in [1.29, 1.82) is 0 Å². The zero-order valence-electron chi connectivity index (χ0n) is 7.70. The Balaban J connectivity index is -0.000000107. The fraction of sp³-hybridized carbons (Fsp3) is 0.600. The first kappa shape index (κ1) is 12.4. The first-order chi connectivity index (χ1) is 4.04. The fourth-order valence-electron chi connectivity index (χ4n) is 0.349. The summed E-state index contributed by atoms with van der Waals surface area (Å²) in [5.74, 6) is -2.94. The van der Waals surface area contributed by atoms with Gasteiger partial charge < -0.3 is 13.1 Å². The number of hydrogen-bond donors (Lipinski definition) is 2. The molecule has 0 spiro atoms. The molecule has 5 heteroatoms. The summed E-state index contributed by atoms with van der Waals surface area (Å²) < 4.78 is 0. The van der Waals surface area contributed by atoms with E-state index in [0.29, 0.717) is 0 Å². The van der Waals surface area contributed by atoms with Crippen LogP contribution in [0.15, 0.2) is 0 Å². The summed E-state index contributed by atoms with van der Waals surface area (Å²) in [7, 11) is 0. The molecule has 1 unspecified atom stereocenters. The number of rotatable bonds is 3. The molecule has 0 aromatic rings. The molecule has 0 radical (unpaired) electrons. The molecule has 0 aromatic carbocycles. The van der Waals surface area contributed by atoms with Crippen LogP contribution in [0.3, 0.4) is 0 Å². The Morgan fingerprint density at radius 1 is 1.50 bits per heavy atom. The van der Waals surface area contributed by atoms with Crippen molar-refractivity contribution in [2.24, 2.45) is 5.92 Å². The van der Waals surface area contributed by atoms with Crippen LogP contribution in [0.5, 0.6) is 0 Å². The molecule has 0 saturated heterocycles. The van der Waals surface area contributed by atoms with Gasteiger partial charge in [-0.3, -0.25) is 9.59 Å². The molecule has 0 heterocycles. The van der Waals surface area contributed by atoms with Crippen molar-refractivity contribution in [3.8, 4) is 0 Å². The Kier molecular flexibility index (Phi) is 6.80. The van der Waals surface area contributed by atoms with Gasteiger partial charge in [0, 0.05) is 0 Å². The van der Waals surface area contributed by atoms with Gasteiger partial charge in [0.2, 0.25) is 0 Å². The SMILES string of the molecule is CC(CC(=O)O)C(=O)O.[H-].[H-].[Mg+2]. The normalized spacial score (nSPS) is 11.3. The van der Waals surface area contributed by atoms with Crippen molar-refractivity contribution in [3.05, 3.63) is 0 Å². The number of carbonyl (C=O) groups is 2. The van der Waals surface area contributed by atoms with Gasteiger partial charge in [0.25, 0.3) is 0 Å². The largest absolute Gasteiger partial charge is 2.00 e. The molecule has 0 rings (SSSR count). The molecule has 10 heavy (non-hydrogen) atoms. The van der Waals surface area contributed by atoms with Gasteiger partial charge >= 0.3 is 35.0 Å². The van der Waals surface area contributed by atoms with Gasteiger partial charge in [-0.05, 0) is 0 Å². The van der Waals surface area contributed by atoms with Crippen LogP contribution in [0.1, 0.15) is 16.2 Å². The molecule has 0 bridgehead atoms. The van der Waals surface area contributed by atoms with Crippen LogP contribution in [0, 0.1) is 5.92 Å². The standard InChI is InChI=1S/C5H8O4.Mg.2H/c1-3(5(8)9)2-4(6)7;;;/h3H,2H2,1H3,(H,6,7)(H,8,9);;;/q;+2;2*-1. The molecule has 0 aliphatic carbocycles. The van der Waals surface area contributed by atoms with E-state index in [9.17, 15) is 9.59 Å². The van der Waals surface area contributed by atoms with E-state index in [2.05, 4.69) is 0 Å². The fourth-order valence-corrected chi connectivity index (χ4v) is 0.349. The van der Waals surface area contributed by atoms with Crippen molar-refractivity contribution in [2.45, 2.75) is 13.3 Å². The number of carboxylic acid groups (broad SMARTS) is 2. The molecule has 2 N–H and O–H groups in total. The molecule has 0 saturated carbocycles. The molecule has 0 amide bonds. The van der Waals surface area contributed by atoms with Gasteiger partial charge in [0.1, 0.15) is 0 Å². The zero-order valence-corrected chi connectivity index (χ0v) is 7.12. The monoisotopic (exact) mass is 158 g/mol. The van der Waals surface area contributed by atoms with Crippen LogP contribution in [-0.2, 0) is 9.59 Å². The van der Waals surface area contributed by atoms with E-state index < -0.39 is 17.9 Å². The Morgan fingerprint density at radius 2 is 1.90 bits per heavy atom. The second-order valence-electron chi connectivity index (χ2n) is 1.84. The third-order valence-electron chi connectivity index (χ3n) is 0.902. The van der Waals surface area contributed by atoms with Crippen LogP contribution >= 0.6 is 0 Å². The number of carboxylic acids is 2. The summed E-state index contributed by atoms with van der Waals surface area (Å²) in [5.41, 5.74) is 0. The van der Waals surface area contributed by atoms with Crippen LogP contribution in [0.2, 0.25) is 0 Å². The smallest absolute Gasteiger partial charge is 1.00 e. The summed E-state index contributed by atoms with van der Waals surface area (Å²) >= 11 is 0. The van der Waals surface area contributed by atoms with Crippen molar-refractivity contribution in [3.63, 3.8) is 0 Å². The van der Waals surface area contributed by atoms with Crippen molar-refractivity contribution in [1.82, 2.24) is 0 Å². The summed E-state index contributed by atoms with van der Waals surface area (Å²) in [6, 6.07) is 0. The topological polar surface area (TPSA) is 74.6 Å². The van der Waals surface area contributed by atoms with Gasteiger partial charge in [-0.15, -0.1) is 0 Å². The van der Waals surface area contributed by atoms with E-state index in [4.69, 9.17) is 10.2 Å². The minimum absolute atomic E-state index is 0. The quantitative estimate of drug-likeness (QED) is 0.568. The van der Waals surface area contributed by atoms with E-state index in [1.54, 1.807) is 0 Å². The Morgan fingerprint density at radius 3 is 2.00 bits per heavy atom. The minimum atomic E-state index is -1.08. The molecule has 0 aliphatic rings. The molecule has 0 fully saturated rings. The summed E-state index contributed by atoms with van der Waals surface area (Å²) in [6.45, 7) is 1.36. The number of hydrogen-bond acceptors (Lipinski definition) is 2. The first-order valence-corrected chi connectivity index (χ1v) is 2.48. The van der Waals surface area contributed by atoms with Gasteiger partial charge in [0.15, 0.2) is 0 Å². The van der Waals surface area contributed by atoms with E-state index in [1.165, 1.54) is 6.92 Å². The van der Waals surface area contributed by atoms with Crippen molar-refractivity contribution < 1.29 is 22.7 Å². The zero-order chi connectivity index (χ0) is 7.44. The van der Waals surface area contributed by atoms with Gasteiger partial charge in [-0.2, -0.15) is 0 Å². The van der Waals surface area contributed by atoms with Crippen LogP contribution in [0.4, 0.5) is 0 Å². The maximum absolute atomic E-state index is 9.97. The van der Waals surface area contributed by atoms with Crippen LogP contribution < -0.4 is 0 Å². The van der Waals surface area contributed by atoms with E-state index in [1.807, 2.05) is 0 Å². The maximum Gasteiger partial charge on any atom is 2.00 e. The van der Waals surface area contributed by atoms with Gasteiger partial charge in [-0.25, -0.2) is 0 Å². The number of aliphatic carboxylic acids is 2. The van der Waals surface area contributed by atoms with E-state index >= 15 is 0 Å². The van der Waals surface area contributed by atoms with Crippen LogP contribution in [0.25, 0.3) is 0 Å². The van der Waals surface area contributed by atoms with Gasteiger partial charge in [0.05, 0.1) is 12.3 Å². The maximum atomic E-state index is 9.97. The average molecular weight is 158 g/mol. The molecular weight excluding hydrogens is 148 g/mol. The third kappa shape index (κ3) is 5.84. The Bertz CT molecular complexity index is 141. The molecule has 0 aromatic heterocycles. The minimum Gasteiger partial charge on any atom is -1.00 e. The second-order valence-corrected chi connectivity index (χ2v) is 1.84. The van der Waals surface area contributed by atoms with Crippen molar-refractivity contribution >= 4 is 35.0 Å². The summed E-state index contributed by atoms with van der Waals surface area (Å²) in [5, 5.41) is 16.2.